The summed E-state index contributed by atoms with van der Waals surface area (Å²) in [4.78, 5) is 12.7. The Hall–Kier alpha value is -4.27. The van der Waals surface area contributed by atoms with Crippen LogP contribution in [0.15, 0.2) is 48.5 Å². The fourth-order valence-corrected chi connectivity index (χ4v) is 5.14. The molecule has 0 saturated carbocycles. The van der Waals surface area contributed by atoms with Crippen molar-refractivity contribution in [2.75, 3.05) is 55.9 Å². The third-order valence-electron chi connectivity index (χ3n) is 7.31. The molecule has 9 heteroatoms. The molecule has 3 aromatic carbocycles. The summed E-state index contributed by atoms with van der Waals surface area (Å²) in [6, 6.07) is 15.4. The van der Waals surface area contributed by atoms with E-state index in [1.54, 1.807) is 42.7 Å². The minimum Gasteiger partial charge on any atom is -0.493 e. The van der Waals surface area contributed by atoms with Crippen LogP contribution in [0.1, 0.15) is 16.7 Å². The molecule has 0 aromatic heterocycles. The minimum absolute atomic E-state index is 0.0426. The average molecular weight is 567 g/mol. The standard InChI is InChI=1S/C32H38O9/c1-34-25-9-7-20(15-27(25)35-2)13-23-19-41-32(33)24(23)14-21-8-10-26(28(16-21)36-3)40-12-11-22-17-29(37-4)31(39-6)30(18-22)38-5/h7-10,15-18,23-24H,11-14,19H2,1-6H3/t23-,24+/m0/s1. The number of carbonyl (C=O) groups excluding carboxylic acids is 1. The van der Waals surface area contributed by atoms with Gasteiger partial charge in [-0.15, -0.1) is 0 Å². The molecule has 0 radical (unpaired) electrons. The largest absolute Gasteiger partial charge is 0.493 e. The predicted octanol–water partition coefficient (Wildman–Crippen LogP) is 4.93. The highest BCUT2D eigenvalue weighted by atomic mass is 16.5. The van der Waals surface area contributed by atoms with E-state index in [-0.39, 0.29) is 17.8 Å². The number of carbonyl (C=O) groups is 1. The zero-order chi connectivity index (χ0) is 29.4. The number of esters is 1. The van der Waals surface area contributed by atoms with E-state index in [2.05, 4.69) is 0 Å². The second-order valence-corrected chi connectivity index (χ2v) is 9.71. The Bertz CT molecular complexity index is 1310. The summed E-state index contributed by atoms with van der Waals surface area (Å²) in [6.07, 6.45) is 1.85. The summed E-state index contributed by atoms with van der Waals surface area (Å²) in [7, 11) is 9.58. The quantitative estimate of drug-likeness (QED) is 0.252. The molecule has 1 aliphatic heterocycles. The van der Waals surface area contributed by atoms with Crippen molar-refractivity contribution in [3.63, 3.8) is 0 Å². The first-order valence-electron chi connectivity index (χ1n) is 13.4. The van der Waals surface area contributed by atoms with Crippen molar-refractivity contribution >= 4 is 5.97 Å². The molecule has 4 rings (SSSR count). The molecule has 0 amide bonds. The van der Waals surface area contributed by atoms with Crippen molar-refractivity contribution in [1.29, 1.82) is 0 Å². The summed E-state index contributed by atoms with van der Waals surface area (Å²) in [5, 5.41) is 0. The maximum absolute atomic E-state index is 12.7. The molecule has 1 saturated heterocycles. The fourth-order valence-electron chi connectivity index (χ4n) is 5.14. The molecule has 9 nitrogen and oxygen atoms in total. The van der Waals surface area contributed by atoms with Crippen molar-refractivity contribution in [2.24, 2.45) is 11.8 Å². The van der Waals surface area contributed by atoms with Crippen LogP contribution in [0.2, 0.25) is 0 Å². The van der Waals surface area contributed by atoms with Crippen molar-refractivity contribution < 1.29 is 42.7 Å². The van der Waals surface area contributed by atoms with E-state index in [0.717, 1.165) is 16.7 Å². The lowest BCUT2D eigenvalue weighted by molar-refractivity contribution is -0.141. The number of methoxy groups -OCH3 is 6. The second-order valence-electron chi connectivity index (χ2n) is 9.71. The SMILES string of the molecule is COc1ccc(C[C@H]2COC(=O)[C@@H]2Cc2ccc(OCCc3cc(OC)c(OC)c(OC)c3)c(OC)c2)cc1OC. The van der Waals surface area contributed by atoms with Gasteiger partial charge in [0.1, 0.15) is 0 Å². The second kappa shape index (κ2) is 13.9. The Labute approximate surface area is 241 Å². The Morgan fingerprint density at radius 3 is 1.76 bits per heavy atom. The van der Waals surface area contributed by atoms with E-state index in [4.69, 9.17) is 37.9 Å². The molecular weight excluding hydrogens is 528 g/mol. The van der Waals surface area contributed by atoms with Gasteiger partial charge in [0.15, 0.2) is 34.5 Å². The van der Waals surface area contributed by atoms with Gasteiger partial charge in [0.05, 0.1) is 61.8 Å². The van der Waals surface area contributed by atoms with Gasteiger partial charge in [-0.05, 0) is 65.9 Å². The summed E-state index contributed by atoms with van der Waals surface area (Å²) in [6.45, 7) is 0.799. The molecule has 2 atom stereocenters. The molecule has 1 heterocycles. The van der Waals surface area contributed by atoms with Crippen molar-refractivity contribution in [1.82, 2.24) is 0 Å². The maximum Gasteiger partial charge on any atom is 0.309 e. The number of rotatable bonds is 14. The third kappa shape index (κ3) is 6.90. The van der Waals surface area contributed by atoms with Crippen LogP contribution in [0.3, 0.4) is 0 Å². The van der Waals surface area contributed by atoms with Gasteiger partial charge in [-0.1, -0.05) is 12.1 Å². The Kier molecular flexibility index (Phi) is 10.1. The average Bonchev–Trinajstić information content (AvgIpc) is 3.34. The molecule has 0 spiro atoms. The minimum atomic E-state index is -0.264. The third-order valence-corrected chi connectivity index (χ3v) is 7.31. The Morgan fingerprint density at radius 1 is 0.634 bits per heavy atom. The van der Waals surface area contributed by atoms with E-state index in [0.29, 0.717) is 72.7 Å². The molecule has 0 aliphatic carbocycles. The van der Waals surface area contributed by atoms with E-state index in [1.165, 1.54) is 0 Å². The lowest BCUT2D eigenvalue weighted by Crippen LogP contribution is -2.20. The van der Waals surface area contributed by atoms with Crippen molar-refractivity contribution in [3.05, 3.63) is 65.2 Å². The van der Waals surface area contributed by atoms with Gasteiger partial charge in [0.2, 0.25) is 5.75 Å². The predicted molar refractivity (Wildman–Crippen MR) is 153 cm³/mol. The van der Waals surface area contributed by atoms with Crippen LogP contribution in [0.25, 0.3) is 0 Å². The zero-order valence-electron chi connectivity index (χ0n) is 24.5. The molecule has 1 fully saturated rings. The molecule has 41 heavy (non-hydrogen) atoms. The molecule has 0 bridgehead atoms. The molecule has 0 N–H and O–H groups in total. The first-order valence-corrected chi connectivity index (χ1v) is 13.4. The summed E-state index contributed by atoms with van der Waals surface area (Å²) < 4.78 is 44.2. The van der Waals surface area contributed by atoms with Gasteiger partial charge < -0.3 is 37.9 Å². The topological polar surface area (TPSA) is 90.9 Å². The van der Waals surface area contributed by atoms with Crippen molar-refractivity contribution in [2.45, 2.75) is 19.3 Å². The summed E-state index contributed by atoms with van der Waals surface area (Å²) >= 11 is 0. The van der Waals surface area contributed by atoms with E-state index < -0.39 is 0 Å². The Balaban J connectivity index is 1.41. The van der Waals surface area contributed by atoms with Gasteiger partial charge in [-0.25, -0.2) is 0 Å². The highest BCUT2D eigenvalue weighted by Gasteiger charge is 2.37. The van der Waals surface area contributed by atoms with E-state index >= 15 is 0 Å². The number of benzene rings is 3. The monoisotopic (exact) mass is 566 g/mol. The number of ether oxygens (including phenoxy) is 8. The maximum atomic E-state index is 12.7. The fraction of sp³-hybridized carbons (Fsp3) is 0.406. The van der Waals surface area contributed by atoms with Crippen LogP contribution >= 0.6 is 0 Å². The van der Waals surface area contributed by atoms with Crippen LogP contribution in [-0.2, 0) is 28.8 Å². The summed E-state index contributed by atoms with van der Waals surface area (Å²) in [5.41, 5.74) is 3.01. The number of cyclic esters (lactones) is 1. The van der Waals surface area contributed by atoms with Crippen LogP contribution in [-0.4, -0.2) is 61.8 Å². The molecular formula is C32H38O9. The van der Waals surface area contributed by atoms with Crippen molar-refractivity contribution in [3.8, 4) is 40.2 Å². The molecule has 220 valence electrons. The first-order chi connectivity index (χ1) is 19.9. The summed E-state index contributed by atoms with van der Waals surface area (Å²) in [5.74, 6) is 3.91. The van der Waals surface area contributed by atoms with E-state index in [1.807, 2.05) is 48.5 Å². The molecule has 0 unspecified atom stereocenters. The normalized spacial score (nSPS) is 16.1. The van der Waals surface area contributed by atoms with Crippen LogP contribution in [0.4, 0.5) is 0 Å². The molecule has 1 aliphatic rings. The Morgan fingerprint density at radius 2 is 1.17 bits per heavy atom. The highest BCUT2D eigenvalue weighted by Crippen LogP contribution is 2.39. The smallest absolute Gasteiger partial charge is 0.309 e. The highest BCUT2D eigenvalue weighted by molar-refractivity contribution is 5.75. The lowest BCUT2D eigenvalue weighted by atomic mass is 9.85. The van der Waals surface area contributed by atoms with Crippen LogP contribution in [0, 0.1) is 11.8 Å². The number of hydrogen-bond acceptors (Lipinski definition) is 9. The van der Waals surface area contributed by atoms with Gasteiger partial charge >= 0.3 is 5.97 Å². The molecule has 3 aromatic rings. The van der Waals surface area contributed by atoms with Gasteiger partial charge in [-0.2, -0.15) is 0 Å². The zero-order valence-corrected chi connectivity index (χ0v) is 24.5. The van der Waals surface area contributed by atoms with Crippen LogP contribution in [0.5, 0.6) is 40.2 Å². The first kappa shape index (κ1) is 29.7. The number of hydrogen-bond donors (Lipinski definition) is 0. The van der Waals surface area contributed by atoms with Gasteiger partial charge in [-0.3, -0.25) is 4.79 Å². The van der Waals surface area contributed by atoms with E-state index in [9.17, 15) is 4.79 Å². The van der Waals surface area contributed by atoms with Crippen LogP contribution < -0.4 is 33.2 Å². The lowest BCUT2D eigenvalue weighted by Gasteiger charge is -2.18. The van der Waals surface area contributed by atoms with Gasteiger partial charge in [0.25, 0.3) is 0 Å². The van der Waals surface area contributed by atoms with Gasteiger partial charge in [0, 0.05) is 12.3 Å².